The van der Waals surface area contributed by atoms with E-state index in [-0.39, 0.29) is 17.6 Å². The summed E-state index contributed by atoms with van der Waals surface area (Å²) in [6.07, 6.45) is 5.39. The van der Waals surface area contributed by atoms with Gasteiger partial charge in [-0.2, -0.15) is 5.10 Å². The van der Waals surface area contributed by atoms with Crippen molar-refractivity contribution in [1.82, 2.24) is 14.9 Å². The summed E-state index contributed by atoms with van der Waals surface area (Å²) < 4.78 is 27.1. The number of hydrogen-bond donors (Lipinski definition) is 3. The molecule has 4 N–H and O–H groups in total. The highest BCUT2D eigenvalue weighted by Gasteiger charge is 2.26. The lowest BCUT2D eigenvalue weighted by Crippen LogP contribution is -2.37. The molecule has 0 saturated heterocycles. The van der Waals surface area contributed by atoms with Gasteiger partial charge in [0.15, 0.2) is 5.03 Å². The number of aromatic amines is 1. The van der Waals surface area contributed by atoms with Crippen LogP contribution < -0.4 is 10.5 Å². The molecule has 7 heteroatoms. The molecular weight excluding hydrogens is 252 g/mol. The van der Waals surface area contributed by atoms with Gasteiger partial charge in [0.25, 0.3) is 10.0 Å². The van der Waals surface area contributed by atoms with E-state index >= 15 is 0 Å². The number of rotatable bonds is 4. The molecule has 18 heavy (non-hydrogen) atoms. The van der Waals surface area contributed by atoms with Crippen LogP contribution in [0.5, 0.6) is 0 Å². The molecule has 1 aromatic rings. The number of sulfonamides is 1. The molecule has 1 saturated carbocycles. The Morgan fingerprint density at radius 1 is 1.44 bits per heavy atom. The third-order valence-corrected chi connectivity index (χ3v) is 5.04. The van der Waals surface area contributed by atoms with E-state index in [0.717, 1.165) is 25.7 Å². The first-order valence-corrected chi connectivity index (χ1v) is 7.76. The lowest BCUT2D eigenvalue weighted by atomic mass is 9.88. The maximum absolute atomic E-state index is 12.2. The molecule has 0 radical (unpaired) electrons. The summed E-state index contributed by atoms with van der Waals surface area (Å²) in [7, 11) is -3.52. The van der Waals surface area contributed by atoms with E-state index in [0.29, 0.717) is 11.5 Å². The van der Waals surface area contributed by atoms with Crippen molar-refractivity contribution >= 4 is 10.0 Å². The molecule has 0 atom stereocenters. The predicted octanol–water partition coefficient (Wildman–Crippen LogP) is 0.725. The maximum Gasteiger partial charge on any atom is 0.258 e. The lowest BCUT2D eigenvalue weighted by molar-refractivity contribution is 0.332. The SMILES string of the molecule is CC1CCC(NS(=O)(=O)c2[nH]ncc2CN)CC1. The monoisotopic (exact) mass is 272 g/mol. The van der Waals surface area contributed by atoms with Gasteiger partial charge in [-0.1, -0.05) is 6.92 Å². The molecule has 1 aliphatic rings. The third-order valence-electron chi connectivity index (χ3n) is 3.50. The molecule has 0 bridgehead atoms. The Bertz CT molecular complexity index is 489. The summed E-state index contributed by atoms with van der Waals surface area (Å²) >= 11 is 0. The number of nitrogens with one attached hydrogen (secondary N) is 2. The van der Waals surface area contributed by atoms with Gasteiger partial charge < -0.3 is 5.73 Å². The van der Waals surface area contributed by atoms with Crippen LogP contribution in [0.25, 0.3) is 0 Å². The summed E-state index contributed by atoms with van der Waals surface area (Å²) in [4.78, 5) is 0. The molecule has 1 fully saturated rings. The van der Waals surface area contributed by atoms with Gasteiger partial charge in [-0.3, -0.25) is 5.10 Å². The fraction of sp³-hybridized carbons (Fsp3) is 0.727. The topological polar surface area (TPSA) is 101 Å². The molecule has 1 heterocycles. The van der Waals surface area contributed by atoms with Crippen LogP contribution in [-0.4, -0.2) is 24.7 Å². The van der Waals surface area contributed by atoms with Gasteiger partial charge >= 0.3 is 0 Å². The zero-order chi connectivity index (χ0) is 13.2. The van der Waals surface area contributed by atoms with Crippen molar-refractivity contribution in [3.63, 3.8) is 0 Å². The number of aromatic nitrogens is 2. The first kappa shape index (κ1) is 13.5. The third kappa shape index (κ3) is 2.90. The minimum atomic E-state index is -3.52. The van der Waals surface area contributed by atoms with Crippen molar-refractivity contribution in [3.8, 4) is 0 Å². The Labute approximate surface area is 107 Å². The van der Waals surface area contributed by atoms with E-state index in [1.807, 2.05) is 0 Å². The van der Waals surface area contributed by atoms with Crippen LogP contribution in [0.1, 0.15) is 38.2 Å². The van der Waals surface area contributed by atoms with Gasteiger partial charge in [-0.15, -0.1) is 0 Å². The smallest absolute Gasteiger partial charge is 0.258 e. The number of nitrogens with zero attached hydrogens (tertiary/aromatic N) is 1. The highest BCUT2D eigenvalue weighted by molar-refractivity contribution is 7.89. The summed E-state index contributed by atoms with van der Waals surface area (Å²) in [5.41, 5.74) is 6.01. The molecule has 6 nitrogen and oxygen atoms in total. The fourth-order valence-corrected chi connectivity index (χ4v) is 3.78. The van der Waals surface area contributed by atoms with E-state index < -0.39 is 10.0 Å². The van der Waals surface area contributed by atoms with E-state index in [9.17, 15) is 8.42 Å². The minimum absolute atomic E-state index is 0.0279. The van der Waals surface area contributed by atoms with Crippen LogP contribution in [0.15, 0.2) is 11.2 Å². The average molecular weight is 272 g/mol. The van der Waals surface area contributed by atoms with Gasteiger partial charge in [0.2, 0.25) is 0 Å². The van der Waals surface area contributed by atoms with Crippen molar-refractivity contribution < 1.29 is 8.42 Å². The van der Waals surface area contributed by atoms with Gasteiger partial charge in [0.1, 0.15) is 0 Å². The van der Waals surface area contributed by atoms with Crippen LogP contribution >= 0.6 is 0 Å². The maximum atomic E-state index is 12.2. The summed E-state index contributed by atoms with van der Waals surface area (Å²) in [5.74, 6) is 0.692. The summed E-state index contributed by atoms with van der Waals surface area (Å²) in [5, 5.41) is 6.36. The Kier molecular flexibility index (Phi) is 4.04. The van der Waals surface area contributed by atoms with E-state index in [2.05, 4.69) is 21.8 Å². The summed E-state index contributed by atoms with van der Waals surface area (Å²) in [6.45, 7) is 2.36. The van der Waals surface area contributed by atoms with Crippen molar-refractivity contribution in [2.75, 3.05) is 0 Å². The molecule has 102 valence electrons. The zero-order valence-electron chi connectivity index (χ0n) is 10.5. The quantitative estimate of drug-likeness (QED) is 0.752. The van der Waals surface area contributed by atoms with Crippen molar-refractivity contribution in [1.29, 1.82) is 0 Å². The number of hydrogen-bond acceptors (Lipinski definition) is 4. The molecule has 1 aliphatic carbocycles. The molecule has 0 aromatic carbocycles. The van der Waals surface area contributed by atoms with Crippen LogP contribution in [-0.2, 0) is 16.6 Å². The highest BCUT2D eigenvalue weighted by atomic mass is 32.2. The van der Waals surface area contributed by atoms with E-state index in [1.54, 1.807) is 0 Å². The van der Waals surface area contributed by atoms with Crippen LogP contribution in [0, 0.1) is 5.92 Å². The number of nitrogens with two attached hydrogens (primary N) is 1. The zero-order valence-corrected chi connectivity index (χ0v) is 11.3. The predicted molar refractivity (Wildman–Crippen MR) is 68.2 cm³/mol. The molecule has 2 rings (SSSR count). The van der Waals surface area contributed by atoms with Crippen molar-refractivity contribution in [3.05, 3.63) is 11.8 Å². The van der Waals surface area contributed by atoms with Gasteiger partial charge in [0.05, 0.1) is 6.20 Å². The Hall–Kier alpha value is -0.920. The first-order chi connectivity index (χ1) is 8.53. The van der Waals surface area contributed by atoms with E-state index in [1.165, 1.54) is 6.20 Å². The van der Waals surface area contributed by atoms with Crippen molar-refractivity contribution in [2.45, 2.75) is 50.2 Å². The number of H-pyrrole nitrogens is 1. The molecular formula is C11H20N4O2S. The van der Waals surface area contributed by atoms with Gasteiger partial charge in [-0.05, 0) is 31.6 Å². The second kappa shape index (κ2) is 5.38. The van der Waals surface area contributed by atoms with Gasteiger partial charge in [-0.25, -0.2) is 13.1 Å². The van der Waals surface area contributed by atoms with Gasteiger partial charge in [0, 0.05) is 18.2 Å². The largest absolute Gasteiger partial charge is 0.326 e. The van der Waals surface area contributed by atoms with Crippen molar-refractivity contribution in [2.24, 2.45) is 11.7 Å². The first-order valence-electron chi connectivity index (χ1n) is 6.27. The van der Waals surface area contributed by atoms with E-state index in [4.69, 9.17) is 5.73 Å². The Morgan fingerprint density at radius 2 is 2.11 bits per heavy atom. The van der Waals surface area contributed by atoms with Crippen LogP contribution in [0.4, 0.5) is 0 Å². The standard InChI is InChI=1S/C11H20N4O2S/c1-8-2-4-10(5-3-8)15-18(16,17)11-9(6-12)7-13-14-11/h7-8,10,15H,2-6,12H2,1H3,(H,13,14). The molecule has 0 amide bonds. The second-order valence-corrected chi connectivity index (χ2v) is 6.66. The highest BCUT2D eigenvalue weighted by Crippen LogP contribution is 2.24. The Balaban J connectivity index is 2.08. The molecule has 0 unspecified atom stereocenters. The normalized spacial score (nSPS) is 25.2. The fourth-order valence-electron chi connectivity index (χ4n) is 2.33. The average Bonchev–Trinajstić information content (AvgIpc) is 2.81. The second-order valence-electron chi connectivity index (χ2n) is 5.01. The molecule has 1 aromatic heterocycles. The Morgan fingerprint density at radius 3 is 2.72 bits per heavy atom. The lowest BCUT2D eigenvalue weighted by Gasteiger charge is -2.26. The summed E-state index contributed by atoms with van der Waals surface area (Å²) in [6, 6.07) is 0.0279. The van der Waals surface area contributed by atoms with Crippen LogP contribution in [0.2, 0.25) is 0 Å². The molecule has 0 aliphatic heterocycles. The molecule has 0 spiro atoms. The van der Waals surface area contributed by atoms with Crippen LogP contribution in [0.3, 0.4) is 0 Å². The minimum Gasteiger partial charge on any atom is -0.326 e.